The number of morpholine rings is 1. The molecule has 1 aromatic carbocycles. The van der Waals surface area contributed by atoms with E-state index in [4.69, 9.17) is 14.0 Å². The fourth-order valence-corrected chi connectivity index (χ4v) is 2.52. The molecular weight excluding hydrogens is 310 g/mol. The van der Waals surface area contributed by atoms with Crippen LogP contribution in [-0.4, -0.2) is 53.4 Å². The zero-order valence-corrected chi connectivity index (χ0v) is 14.1. The van der Waals surface area contributed by atoms with Crippen molar-refractivity contribution in [1.82, 2.24) is 15.0 Å². The van der Waals surface area contributed by atoms with E-state index in [1.807, 2.05) is 30.3 Å². The molecule has 1 atom stereocenters. The lowest BCUT2D eigenvalue weighted by atomic mass is 10.1. The van der Waals surface area contributed by atoms with Crippen molar-refractivity contribution in [2.75, 3.05) is 26.8 Å². The first-order valence-corrected chi connectivity index (χ1v) is 7.86. The molecule has 1 amide bonds. The largest absolute Gasteiger partial charge is 0.369 e. The molecule has 2 heterocycles. The van der Waals surface area contributed by atoms with Crippen molar-refractivity contribution in [3.8, 4) is 11.5 Å². The van der Waals surface area contributed by atoms with Gasteiger partial charge >= 0.3 is 0 Å². The van der Waals surface area contributed by atoms with Crippen LogP contribution in [0.1, 0.15) is 25.8 Å². The number of carbonyl (C=O) groups is 1. The van der Waals surface area contributed by atoms with E-state index in [9.17, 15) is 4.79 Å². The van der Waals surface area contributed by atoms with E-state index in [2.05, 4.69) is 10.1 Å². The van der Waals surface area contributed by atoms with Crippen LogP contribution in [0, 0.1) is 0 Å². The summed E-state index contributed by atoms with van der Waals surface area (Å²) >= 11 is 0. The van der Waals surface area contributed by atoms with Crippen LogP contribution < -0.4 is 0 Å². The number of nitrogens with zero attached hydrogens (tertiary/aromatic N) is 3. The minimum Gasteiger partial charge on any atom is -0.369 e. The Labute approximate surface area is 140 Å². The molecule has 0 N–H and O–H groups in total. The molecular formula is C17H21N3O4. The van der Waals surface area contributed by atoms with Gasteiger partial charge in [-0.15, -0.1) is 0 Å². The molecule has 7 heteroatoms. The Morgan fingerprint density at radius 2 is 2.08 bits per heavy atom. The van der Waals surface area contributed by atoms with Crippen molar-refractivity contribution < 1.29 is 18.8 Å². The monoisotopic (exact) mass is 331 g/mol. The molecule has 1 aromatic heterocycles. The number of hydrogen-bond donors (Lipinski definition) is 0. The Bertz CT molecular complexity index is 699. The van der Waals surface area contributed by atoms with Gasteiger partial charge in [-0.25, -0.2) is 0 Å². The van der Waals surface area contributed by atoms with E-state index in [-0.39, 0.29) is 5.91 Å². The molecule has 1 fully saturated rings. The smallest absolute Gasteiger partial charge is 0.258 e. The van der Waals surface area contributed by atoms with Crippen LogP contribution in [0.15, 0.2) is 34.9 Å². The standard InChI is InChI=1S/C17H21N3O4/c1-17(2,22-3)16(21)20-9-10-23-13(11-20)14-18-15(24-19-14)12-7-5-4-6-8-12/h4-8,13H,9-11H2,1-3H3. The van der Waals surface area contributed by atoms with Gasteiger partial charge < -0.3 is 18.9 Å². The molecule has 3 rings (SSSR count). The van der Waals surface area contributed by atoms with E-state index in [0.717, 1.165) is 5.56 Å². The second-order valence-corrected chi connectivity index (χ2v) is 6.15. The maximum Gasteiger partial charge on any atom is 0.258 e. The van der Waals surface area contributed by atoms with Gasteiger partial charge in [-0.1, -0.05) is 23.4 Å². The summed E-state index contributed by atoms with van der Waals surface area (Å²) in [6, 6.07) is 9.53. The molecule has 0 saturated carbocycles. The zero-order chi connectivity index (χ0) is 17.2. The summed E-state index contributed by atoms with van der Waals surface area (Å²) in [6.45, 7) is 4.82. The molecule has 24 heavy (non-hydrogen) atoms. The zero-order valence-electron chi connectivity index (χ0n) is 14.1. The minimum absolute atomic E-state index is 0.0786. The molecule has 7 nitrogen and oxygen atoms in total. The molecule has 1 aliphatic rings. The molecule has 0 aliphatic carbocycles. The third-order valence-electron chi connectivity index (χ3n) is 4.13. The number of methoxy groups -OCH3 is 1. The quantitative estimate of drug-likeness (QED) is 0.853. The lowest BCUT2D eigenvalue weighted by Gasteiger charge is -2.36. The minimum atomic E-state index is -0.867. The molecule has 1 saturated heterocycles. The van der Waals surface area contributed by atoms with Crippen molar-refractivity contribution >= 4 is 5.91 Å². The first-order valence-electron chi connectivity index (χ1n) is 7.86. The van der Waals surface area contributed by atoms with Crippen molar-refractivity contribution in [2.24, 2.45) is 0 Å². The first-order chi connectivity index (χ1) is 11.5. The van der Waals surface area contributed by atoms with Crippen LogP contribution in [-0.2, 0) is 14.3 Å². The van der Waals surface area contributed by atoms with E-state index >= 15 is 0 Å². The van der Waals surface area contributed by atoms with Crippen LogP contribution >= 0.6 is 0 Å². The second-order valence-electron chi connectivity index (χ2n) is 6.15. The van der Waals surface area contributed by atoms with Crippen molar-refractivity contribution in [3.63, 3.8) is 0 Å². The summed E-state index contributed by atoms with van der Waals surface area (Å²) in [5.74, 6) is 0.807. The number of hydrogen-bond acceptors (Lipinski definition) is 6. The SMILES string of the molecule is COC(C)(C)C(=O)N1CCOC(c2noc(-c3ccccc3)n2)C1. The van der Waals surface area contributed by atoms with E-state index in [0.29, 0.717) is 31.4 Å². The molecule has 0 bridgehead atoms. The number of carbonyl (C=O) groups excluding carboxylic acids is 1. The van der Waals surface area contributed by atoms with Crippen LogP contribution in [0.2, 0.25) is 0 Å². The van der Waals surface area contributed by atoms with Gasteiger partial charge in [0.2, 0.25) is 5.82 Å². The number of aromatic nitrogens is 2. The molecule has 0 spiro atoms. The summed E-state index contributed by atoms with van der Waals surface area (Å²) in [4.78, 5) is 18.7. The Hall–Kier alpha value is -2.25. The summed E-state index contributed by atoms with van der Waals surface area (Å²) < 4.78 is 16.3. The second kappa shape index (κ2) is 6.70. The summed E-state index contributed by atoms with van der Waals surface area (Å²) in [5, 5.41) is 4.01. The Kier molecular flexibility index (Phi) is 4.64. The average Bonchev–Trinajstić information content (AvgIpc) is 3.12. The number of rotatable bonds is 4. The maximum absolute atomic E-state index is 12.5. The van der Waals surface area contributed by atoms with Gasteiger partial charge in [-0.05, 0) is 26.0 Å². The predicted octanol–water partition coefficient (Wildman–Crippen LogP) is 2.06. The Morgan fingerprint density at radius 1 is 1.33 bits per heavy atom. The van der Waals surface area contributed by atoms with Gasteiger partial charge in [0.15, 0.2) is 0 Å². The Morgan fingerprint density at radius 3 is 2.79 bits per heavy atom. The highest BCUT2D eigenvalue weighted by Gasteiger charge is 2.36. The number of benzene rings is 1. The normalized spacial score (nSPS) is 18.6. The molecule has 128 valence electrons. The highest BCUT2D eigenvalue weighted by Crippen LogP contribution is 2.25. The predicted molar refractivity (Wildman–Crippen MR) is 86.1 cm³/mol. The Balaban J connectivity index is 1.74. The van der Waals surface area contributed by atoms with Crippen molar-refractivity contribution in [1.29, 1.82) is 0 Å². The van der Waals surface area contributed by atoms with Crippen LogP contribution in [0.5, 0.6) is 0 Å². The van der Waals surface area contributed by atoms with E-state index < -0.39 is 11.7 Å². The van der Waals surface area contributed by atoms with Crippen molar-refractivity contribution in [3.05, 3.63) is 36.2 Å². The lowest BCUT2D eigenvalue weighted by Crippen LogP contribution is -2.51. The molecule has 2 aromatic rings. The van der Waals surface area contributed by atoms with Gasteiger partial charge in [-0.3, -0.25) is 4.79 Å². The summed E-state index contributed by atoms with van der Waals surface area (Å²) in [6.07, 6.45) is -0.406. The fraction of sp³-hybridized carbons (Fsp3) is 0.471. The van der Waals surface area contributed by atoms with Crippen molar-refractivity contribution in [2.45, 2.75) is 25.6 Å². The van der Waals surface area contributed by atoms with Gasteiger partial charge in [0, 0.05) is 19.2 Å². The van der Waals surface area contributed by atoms with Crippen LogP contribution in [0.25, 0.3) is 11.5 Å². The van der Waals surface area contributed by atoms with Gasteiger partial charge in [0.05, 0.1) is 13.2 Å². The lowest BCUT2D eigenvalue weighted by molar-refractivity contribution is -0.158. The van der Waals surface area contributed by atoms with E-state index in [1.54, 1.807) is 18.7 Å². The third kappa shape index (κ3) is 3.32. The maximum atomic E-state index is 12.5. The van der Waals surface area contributed by atoms with Gasteiger partial charge in [0.1, 0.15) is 11.7 Å². The summed E-state index contributed by atoms with van der Waals surface area (Å²) in [7, 11) is 1.53. The van der Waals surface area contributed by atoms with Gasteiger partial charge in [0.25, 0.3) is 11.8 Å². The van der Waals surface area contributed by atoms with E-state index in [1.165, 1.54) is 7.11 Å². The fourth-order valence-electron chi connectivity index (χ4n) is 2.52. The average molecular weight is 331 g/mol. The third-order valence-corrected chi connectivity index (χ3v) is 4.13. The molecule has 0 radical (unpaired) electrons. The topological polar surface area (TPSA) is 77.7 Å². The van der Waals surface area contributed by atoms with Crippen LogP contribution in [0.4, 0.5) is 0 Å². The highest BCUT2D eigenvalue weighted by atomic mass is 16.5. The number of amides is 1. The summed E-state index contributed by atoms with van der Waals surface area (Å²) in [5.41, 5.74) is -0.0190. The number of ether oxygens (including phenoxy) is 2. The van der Waals surface area contributed by atoms with Crippen LogP contribution in [0.3, 0.4) is 0 Å². The first kappa shape index (κ1) is 16.6. The molecule has 1 unspecified atom stereocenters. The van der Waals surface area contributed by atoms with Gasteiger partial charge in [-0.2, -0.15) is 4.98 Å². The molecule has 1 aliphatic heterocycles. The highest BCUT2D eigenvalue weighted by molar-refractivity contribution is 5.84.